The summed E-state index contributed by atoms with van der Waals surface area (Å²) in [6.45, 7) is 4.46. The maximum Gasteiger partial charge on any atom is 0.345 e. The lowest BCUT2D eigenvalue weighted by Gasteiger charge is -2.26. The second kappa shape index (κ2) is 6.86. The summed E-state index contributed by atoms with van der Waals surface area (Å²) in [7, 11) is 0. The number of H-pyrrole nitrogens is 1. The summed E-state index contributed by atoms with van der Waals surface area (Å²) in [6, 6.07) is 1.97. The number of aromatic carboxylic acids is 1. The van der Waals surface area contributed by atoms with Crippen LogP contribution in [0.4, 0.5) is 0 Å². The third kappa shape index (κ3) is 2.94. The number of aromatic nitrogens is 2. The summed E-state index contributed by atoms with van der Waals surface area (Å²) < 4.78 is 13.2. The smallest absolute Gasteiger partial charge is 0.345 e. The molecule has 0 saturated carbocycles. The van der Waals surface area contributed by atoms with Gasteiger partial charge in [-0.2, -0.15) is 0 Å². The molecular weight excluding hydrogens is 352 g/mol. The average molecular weight is 374 g/mol. The van der Waals surface area contributed by atoms with Gasteiger partial charge in [0.15, 0.2) is 5.56 Å². The zero-order chi connectivity index (χ0) is 19.1. The molecule has 0 spiro atoms. The molecule has 1 fully saturated rings. The fourth-order valence-corrected chi connectivity index (χ4v) is 3.89. The van der Waals surface area contributed by atoms with Gasteiger partial charge >= 0.3 is 5.97 Å². The molecule has 0 radical (unpaired) electrons. The van der Waals surface area contributed by atoms with Gasteiger partial charge in [-0.05, 0) is 32.3 Å². The minimum Gasteiger partial charge on any atom is -0.506 e. The topological polar surface area (TPSA) is 114 Å². The lowest BCUT2D eigenvalue weighted by Crippen LogP contribution is -2.36. The van der Waals surface area contributed by atoms with Crippen molar-refractivity contribution in [2.45, 2.75) is 45.4 Å². The minimum atomic E-state index is -1.43. The predicted octanol–water partition coefficient (Wildman–Crippen LogP) is 1.67. The molecule has 2 aliphatic rings. The molecule has 1 aliphatic heterocycles. The number of fused-ring (bicyclic) bond motifs is 3. The molecule has 3 N–H and O–H groups in total. The Hall–Kier alpha value is -2.58. The molecule has 1 saturated heterocycles. The molecule has 8 heteroatoms. The SMILES string of the molecule is CCn1c(COC2COC2)cc2c1CCCc1c-2[nH]c(=O)c(C(=O)O)c1O. The first-order chi connectivity index (χ1) is 13.0. The van der Waals surface area contributed by atoms with Crippen molar-refractivity contribution in [2.24, 2.45) is 0 Å². The van der Waals surface area contributed by atoms with Gasteiger partial charge in [0, 0.05) is 29.1 Å². The number of carboxylic acids is 1. The Kier molecular flexibility index (Phi) is 4.53. The standard InChI is InChI=1S/C19H22N2O6/c1-2-21-10(7-27-11-8-26-9-11)6-13-14(21)5-3-4-12-16(13)20-18(23)15(17(12)22)19(24)25/h6,11H,2-5,7-9H2,1H3,(H,24,25)(H2,20,22,23). The lowest BCUT2D eigenvalue weighted by molar-refractivity contribution is -0.136. The summed E-state index contributed by atoms with van der Waals surface area (Å²) >= 11 is 0. The highest BCUT2D eigenvalue weighted by atomic mass is 16.6. The van der Waals surface area contributed by atoms with Crippen LogP contribution < -0.4 is 5.56 Å². The number of carboxylic acid groups (broad SMARTS) is 1. The molecule has 0 unspecified atom stereocenters. The summed E-state index contributed by atoms with van der Waals surface area (Å²) in [4.78, 5) is 26.3. The molecule has 0 atom stereocenters. The predicted molar refractivity (Wildman–Crippen MR) is 96.2 cm³/mol. The van der Waals surface area contributed by atoms with Gasteiger partial charge in [0.05, 0.1) is 25.5 Å². The van der Waals surface area contributed by atoms with E-state index >= 15 is 0 Å². The van der Waals surface area contributed by atoms with Crippen molar-refractivity contribution in [3.8, 4) is 17.0 Å². The largest absolute Gasteiger partial charge is 0.506 e. The fourth-order valence-electron chi connectivity index (χ4n) is 3.89. The molecule has 3 heterocycles. The second-order valence-corrected chi connectivity index (χ2v) is 6.90. The monoisotopic (exact) mass is 374 g/mol. The van der Waals surface area contributed by atoms with Crippen molar-refractivity contribution in [3.05, 3.63) is 38.9 Å². The zero-order valence-electron chi connectivity index (χ0n) is 15.1. The summed E-state index contributed by atoms with van der Waals surface area (Å²) in [5, 5.41) is 19.7. The summed E-state index contributed by atoms with van der Waals surface area (Å²) in [6.07, 6.45) is 2.13. The minimum absolute atomic E-state index is 0.110. The van der Waals surface area contributed by atoms with Gasteiger partial charge in [0.25, 0.3) is 5.56 Å². The van der Waals surface area contributed by atoms with Crippen molar-refractivity contribution in [1.82, 2.24) is 9.55 Å². The normalized spacial score (nSPS) is 16.3. The Bertz CT molecular complexity index is 954. The quantitative estimate of drug-likeness (QED) is 0.734. The molecule has 27 heavy (non-hydrogen) atoms. The lowest BCUT2D eigenvalue weighted by atomic mass is 10.0. The van der Waals surface area contributed by atoms with Crippen LogP contribution in [-0.2, 0) is 35.5 Å². The van der Waals surface area contributed by atoms with Crippen molar-refractivity contribution in [3.63, 3.8) is 0 Å². The Morgan fingerprint density at radius 3 is 2.81 bits per heavy atom. The number of nitrogens with one attached hydrogen (secondary N) is 1. The molecule has 2 aromatic heterocycles. The van der Waals surface area contributed by atoms with Crippen LogP contribution in [0.25, 0.3) is 11.3 Å². The molecule has 1 aliphatic carbocycles. The third-order valence-corrected chi connectivity index (χ3v) is 5.30. The highest BCUT2D eigenvalue weighted by Crippen LogP contribution is 2.37. The molecular formula is C19H22N2O6. The molecule has 144 valence electrons. The van der Waals surface area contributed by atoms with Crippen molar-refractivity contribution in [1.29, 1.82) is 0 Å². The van der Waals surface area contributed by atoms with Crippen molar-refractivity contribution >= 4 is 5.97 Å². The number of hydrogen-bond donors (Lipinski definition) is 3. The molecule has 8 nitrogen and oxygen atoms in total. The number of nitrogens with zero attached hydrogens (tertiary/aromatic N) is 1. The number of rotatable bonds is 5. The van der Waals surface area contributed by atoms with Gasteiger partial charge in [0.2, 0.25) is 0 Å². The van der Waals surface area contributed by atoms with E-state index in [-0.39, 0.29) is 6.10 Å². The van der Waals surface area contributed by atoms with Crippen LogP contribution >= 0.6 is 0 Å². The van der Waals surface area contributed by atoms with E-state index in [0.717, 1.165) is 36.3 Å². The van der Waals surface area contributed by atoms with E-state index in [1.807, 2.05) is 6.07 Å². The number of aromatic hydroxyl groups is 1. The maximum atomic E-state index is 12.3. The van der Waals surface area contributed by atoms with E-state index in [1.165, 1.54) is 0 Å². The first kappa shape index (κ1) is 17.8. The van der Waals surface area contributed by atoms with E-state index in [2.05, 4.69) is 16.5 Å². The Morgan fingerprint density at radius 1 is 1.41 bits per heavy atom. The number of aromatic amines is 1. The summed E-state index contributed by atoms with van der Waals surface area (Å²) in [5.74, 6) is -1.85. The Labute approximate surface area is 155 Å². The number of hydrogen-bond acceptors (Lipinski definition) is 5. The van der Waals surface area contributed by atoms with Gasteiger partial charge < -0.3 is 29.2 Å². The van der Waals surface area contributed by atoms with E-state index < -0.39 is 22.8 Å². The maximum absolute atomic E-state index is 12.3. The first-order valence-corrected chi connectivity index (χ1v) is 9.13. The number of pyridine rings is 1. The highest BCUT2D eigenvalue weighted by molar-refractivity contribution is 5.92. The van der Waals surface area contributed by atoms with E-state index in [4.69, 9.17) is 9.47 Å². The Balaban J connectivity index is 1.82. The number of carbonyl (C=O) groups is 1. The number of ether oxygens (including phenoxy) is 2. The zero-order valence-corrected chi connectivity index (χ0v) is 15.1. The second-order valence-electron chi connectivity index (χ2n) is 6.90. The average Bonchev–Trinajstić information content (AvgIpc) is 2.82. The van der Waals surface area contributed by atoms with Crippen molar-refractivity contribution < 1.29 is 24.5 Å². The van der Waals surface area contributed by atoms with Crippen LogP contribution in [0.2, 0.25) is 0 Å². The molecule has 0 aromatic carbocycles. The van der Waals surface area contributed by atoms with Crippen LogP contribution in [0, 0.1) is 0 Å². The Morgan fingerprint density at radius 2 is 2.19 bits per heavy atom. The van der Waals surface area contributed by atoms with Gasteiger partial charge in [-0.3, -0.25) is 4.79 Å². The molecule has 2 aromatic rings. The highest BCUT2D eigenvalue weighted by Gasteiger charge is 2.28. The van der Waals surface area contributed by atoms with E-state index in [1.54, 1.807) is 0 Å². The first-order valence-electron chi connectivity index (χ1n) is 9.13. The molecule has 0 amide bonds. The van der Waals surface area contributed by atoms with Crippen LogP contribution in [0.15, 0.2) is 10.9 Å². The van der Waals surface area contributed by atoms with Gasteiger partial charge in [-0.1, -0.05) is 0 Å². The van der Waals surface area contributed by atoms with Crippen LogP contribution in [0.1, 0.15) is 40.7 Å². The molecule has 0 bridgehead atoms. The molecule has 4 rings (SSSR count). The van der Waals surface area contributed by atoms with Gasteiger partial charge in [-0.25, -0.2) is 4.79 Å². The van der Waals surface area contributed by atoms with Gasteiger partial charge in [-0.15, -0.1) is 0 Å². The van der Waals surface area contributed by atoms with Gasteiger partial charge in [0.1, 0.15) is 11.9 Å². The summed E-state index contributed by atoms with van der Waals surface area (Å²) in [5.41, 5.74) is 2.50. The third-order valence-electron chi connectivity index (χ3n) is 5.30. The van der Waals surface area contributed by atoms with Crippen LogP contribution in [0.5, 0.6) is 5.75 Å². The van der Waals surface area contributed by atoms with Crippen LogP contribution in [0.3, 0.4) is 0 Å². The van der Waals surface area contributed by atoms with Crippen molar-refractivity contribution in [2.75, 3.05) is 13.2 Å². The van der Waals surface area contributed by atoms with Crippen LogP contribution in [-0.4, -0.2) is 45.1 Å². The fraction of sp³-hybridized carbons (Fsp3) is 0.474. The van der Waals surface area contributed by atoms with E-state index in [9.17, 15) is 19.8 Å². The van der Waals surface area contributed by atoms with E-state index in [0.29, 0.717) is 37.5 Å².